The fourth-order valence-corrected chi connectivity index (χ4v) is 3.02. The molecule has 2 N–H and O–H groups in total. The van der Waals surface area contributed by atoms with Crippen molar-refractivity contribution in [2.75, 3.05) is 11.0 Å². The van der Waals surface area contributed by atoms with E-state index >= 15 is 0 Å². The minimum atomic E-state index is -3.43. The SMILES string of the molecule is Cc1ccc([C@@H](C)NC(=O)c2ccc(NS(C)(=O)=O)c(Cl)c2)cc1. The minimum Gasteiger partial charge on any atom is -0.346 e. The van der Waals surface area contributed by atoms with Gasteiger partial charge >= 0.3 is 0 Å². The Kier molecular flexibility index (Phi) is 5.51. The monoisotopic (exact) mass is 366 g/mol. The summed E-state index contributed by atoms with van der Waals surface area (Å²) < 4.78 is 24.8. The molecule has 2 aromatic carbocycles. The van der Waals surface area contributed by atoms with Gasteiger partial charge in [-0.1, -0.05) is 41.4 Å². The van der Waals surface area contributed by atoms with E-state index in [4.69, 9.17) is 11.6 Å². The normalized spacial score (nSPS) is 12.5. The Labute approximate surface area is 147 Å². The second-order valence-electron chi connectivity index (χ2n) is 5.67. The zero-order valence-corrected chi connectivity index (χ0v) is 15.2. The first kappa shape index (κ1) is 18.3. The zero-order valence-electron chi connectivity index (χ0n) is 13.6. The minimum absolute atomic E-state index is 0.161. The summed E-state index contributed by atoms with van der Waals surface area (Å²) in [5.41, 5.74) is 2.74. The van der Waals surface area contributed by atoms with Gasteiger partial charge in [-0.25, -0.2) is 8.42 Å². The number of hydrogen-bond donors (Lipinski definition) is 2. The molecule has 1 amide bonds. The van der Waals surface area contributed by atoms with Crippen LogP contribution in [0.15, 0.2) is 42.5 Å². The first-order chi connectivity index (χ1) is 11.2. The van der Waals surface area contributed by atoms with Crippen molar-refractivity contribution in [2.24, 2.45) is 0 Å². The van der Waals surface area contributed by atoms with Crippen molar-refractivity contribution >= 4 is 33.2 Å². The van der Waals surface area contributed by atoms with Crippen molar-refractivity contribution in [1.29, 1.82) is 0 Å². The van der Waals surface area contributed by atoms with Crippen LogP contribution in [0.3, 0.4) is 0 Å². The fourth-order valence-electron chi connectivity index (χ4n) is 2.16. The van der Waals surface area contributed by atoms with Crippen LogP contribution in [-0.2, 0) is 10.0 Å². The molecule has 5 nitrogen and oxygen atoms in total. The van der Waals surface area contributed by atoms with E-state index in [1.165, 1.54) is 18.2 Å². The van der Waals surface area contributed by atoms with Crippen LogP contribution in [0.4, 0.5) is 5.69 Å². The van der Waals surface area contributed by atoms with Gasteiger partial charge in [0.1, 0.15) is 0 Å². The van der Waals surface area contributed by atoms with Gasteiger partial charge < -0.3 is 5.32 Å². The summed E-state index contributed by atoms with van der Waals surface area (Å²) in [6.45, 7) is 3.89. The number of carbonyl (C=O) groups is 1. The first-order valence-electron chi connectivity index (χ1n) is 7.30. The van der Waals surface area contributed by atoms with Crippen LogP contribution in [0.25, 0.3) is 0 Å². The average molecular weight is 367 g/mol. The highest BCUT2D eigenvalue weighted by Crippen LogP contribution is 2.24. The highest BCUT2D eigenvalue weighted by molar-refractivity contribution is 7.92. The van der Waals surface area contributed by atoms with Gasteiger partial charge in [0.05, 0.1) is 23.0 Å². The summed E-state index contributed by atoms with van der Waals surface area (Å²) in [5.74, 6) is -0.282. The number of aryl methyl sites for hydroxylation is 1. The summed E-state index contributed by atoms with van der Waals surface area (Å²) in [5, 5.41) is 3.05. The number of amides is 1. The predicted octanol–water partition coefficient (Wildman–Crippen LogP) is 3.51. The number of rotatable bonds is 5. The van der Waals surface area contributed by atoms with Crippen molar-refractivity contribution in [1.82, 2.24) is 5.32 Å². The smallest absolute Gasteiger partial charge is 0.251 e. The summed E-state index contributed by atoms with van der Waals surface area (Å²) in [6.07, 6.45) is 1.03. The lowest BCUT2D eigenvalue weighted by Crippen LogP contribution is -2.26. The maximum absolute atomic E-state index is 12.3. The van der Waals surface area contributed by atoms with Gasteiger partial charge in [-0.2, -0.15) is 0 Å². The molecule has 0 fully saturated rings. The number of anilines is 1. The molecular formula is C17H19ClN2O3S. The van der Waals surface area contributed by atoms with Crippen LogP contribution in [0.5, 0.6) is 0 Å². The topological polar surface area (TPSA) is 75.3 Å². The van der Waals surface area contributed by atoms with Crippen LogP contribution in [0.2, 0.25) is 5.02 Å². The van der Waals surface area contributed by atoms with Gasteiger partial charge in [-0.05, 0) is 37.6 Å². The Morgan fingerprint density at radius 2 is 1.75 bits per heavy atom. The highest BCUT2D eigenvalue weighted by atomic mass is 35.5. The lowest BCUT2D eigenvalue weighted by molar-refractivity contribution is 0.0940. The standard InChI is InChI=1S/C17H19ClN2O3S/c1-11-4-6-13(7-5-11)12(2)19-17(21)14-8-9-16(15(18)10-14)20-24(3,22)23/h4-10,12,20H,1-3H3,(H,19,21)/t12-/m1/s1. The van der Waals surface area contributed by atoms with E-state index in [1.807, 2.05) is 38.1 Å². The van der Waals surface area contributed by atoms with Gasteiger partial charge in [0, 0.05) is 5.56 Å². The molecule has 0 saturated heterocycles. The summed E-state index contributed by atoms with van der Waals surface area (Å²) in [4.78, 5) is 12.3. The molecule has 0 spiro atoms. The molecular weight excluding hydrogens is 348 g/mol. The molecule has 2 rings (SSSR count). The maximum Gasteiger partial charge on any atom is 0.251 e. The summed E-state index contributed by atoms with van der Waals surface area (Å²) in [6, 6.07) is 12.2. The third-order valence-electron chi connectivity index (χ3n) is 3.45. The van der Waals surface area contributed by atoms with Gasteiger partial charge in [0.15, 0.2) is 0 Å². The quantitative estimate of drug-likeness (QED) is 0.850. The Hall–Kier alpha value is -2.05. The Morgan fingerprint density at radius 3 is 2.29 bits per heavy atom. The second-order valence-corrected chi connectivity index (χ2v) is 7.83. The molecule has 0 aliphatic heterocycles. The first-order valence-corrected chi connectivity index (χ1v) is 9.57. The molecule has 7 heteroatoms. The number of halogens is 1. The second kappa shape index (κ2) is 7.23. The third kappa shape index (κ3) is 4.97. The van der Waals surface area contributed by atoms with E-state index in [9.17, 15) is 13.2 Å². The van der Waals surface area contributed by atoms with Crippen LogP contribution >= 0.6 is 11.6 Å². The molecule has 0 unspecified atom stereocenters. The fraction of sp³-hybridized carbons (Fsp3) is 0.235. The van der Waals surface area contributed by atoms with E-state index in [1.54, 1.807) is 0 Å². The van der Waals surface area contributed by atoms with Crippen molar-refractivity contribution in [3.05, 3.63) is 64.2 Å². The van der Waals surface area contributed by atoms with E-state index in [-0.39, 0.29) is 22.7 Å². The number of hydrogen-bond acceptors (Lipinski definition) is 3. The highest BCUT2D eigenvalue weighted by Gasteiger charge is 2.14. The van der Waals surface area contributed by atoms with E-state index in [0.717, 1.165) is 17.4 Å². The van der Waals surface area contributed by atoms with Crippen LogP contribution in [0, 0.1) is 6.92 Å². The molecule has 0 saturated carbocycles. The van der Waals surface area contributed by atoms with E-state index in [2.05, 4.69) is 10.0 Å². The van der Waals surface area contributed by atoms with Gasteiger partial charge in [0.2, 0.25) is 10.0 Å². The largest absolute Gasteiger partial charge is 0.346 e. The molecule has 24 heavy (non-hydrogen) atoms. The van der Waals surface area contributed by atoms with E-state index < -0.39 is 10.0 Å². The maximum atomic E-state index is 12.3. The van der Waals surface area contributed by atoms with Crippen LogP contribution in [-0.4, -0.2) is 20.6 Å². The van der Waals surface area contributed by atoms with Crippen LogP contribution < -0.4 is 10.0 Å². The Morgan fingerprint density at radius 1 is 1.12 bits per heavy atom. The molecule has 0 bridgehead atoms. The van der Waals surface area contributed by atoms with Gasteiger partial charge in [-0.3, -0.25) is 9.52 Å². The molecule has 0 aliphatic rings. The Bertz CT molecular complexity index is 849. The van der Waals surface area contributed by atoms with Crippen molar-refractivity contribution < 1.29 is 13.2 Å². The molecule has 0 radical (unpaired) electrons. The number of benzene rings is 2. The van der Waals surface area contributed by atoms with E-state index in [0.29, 0.717) is 5.56 Å². The average Bonchev–Trinajstić information content (AvgIpc) is 2.48. The lowest BCUT2D eigenvalue weighted by Gasteiger charge is -2.15. The third-order valence-corrected chi connectivity index (χ3v) is 4.35. The molecule has 0 heterocycles. The van der Waals surface area contributed by atoms with Crippen molar-refractivity contribution in [3.8, 4) is 0 Å². The lowest BCUT2D eigenvalue weighted by atomic mass is 10.1. The van der Waals surface area contributed by atoms with Crippen LogP contribution in [0.1, 0.15) is 34.5 Å². The molecule has 0 aromatic heterocycles. The molecule has 128 valence electrons. The molecule has 2 aromatic rings. The molecule has 1 atom stereocenters. The molecule has 0 aliphatic carbocycles. The Balaban J connectivity index is 2.12. The zero-order chi connectivity index (χ0) is 17.9. The van der Waals surface area contributed by atoms with Gasteiger partial charge in [-0.15, -0.1) is 0 Å². The predicted molar refractivity (Wildman–Crippen MR) is 97.0 cm³/mol. The summed E-state index contributed by atoms with van der Waals surface area (Å²) in [7, 11) is -3.43. The number of carbonyl (C=O) groups excluding carboxylic acids is 1. The number of sulfonamides is 1. The summed E-state index contributed by atoms with van der Waals surface area (Å²) >= 11 is 6.04. The number of nitrogens with one attached hydrogen (secondary N) is 2. The van der Waals surface area contributed by atoms with Crippen molar-refractivity contribution in [2.45, 2.75) is 19.9 Å². The van der Waals surface area contributed by atoms with Crippen molar-refractivity contribution in [3.63, 3.8) is 0 Å². The van der Waals surface area contributed by atoms with Gasteiger partial charge in [0.25, 0.3) is 5.91 Å².